The predicted molar refractivity (Wildman–Crippen MR) is 74.3 cm³/mol. The molecule has 2 rings (SSSR count). The van der Waals surface area contributed by atoms with Crippen LogP contribution in [0.4, 0.5) is 16.4 Å². The van der Waals surface area contributed by atoms with E-state index in [0.29, 0.717) is 11.8 Å². The fraction of sp³-hybridized carbons (Fsp3) is 0.286. The summed E-state index contributed by atoms with van der Waals surface area (Å²) in [7, 11) is 0. The van der Waals surface area contributed by atoms with Crippen molar-refractivity contribution in [2.24, 2.45) is 0 Å². The van der Waals surface area contributed by atoms with Crippen molar-refractivity contribution in [3.63, 3.8) is 0 Å². The molecule has 1 unspecified atom stereocenters. The second-order valence-electron chi connectivity index (χ2n) is 4.35. The van der Waals surface area contributed by atoms with Gasteiger partial charge in [0.05, 0.1) is 6.20 Å². The van der Waals surface area contributed by atoms with E-state index in [1.807, 2.05) is 24.3 Å². The van der Waals surface area contributed by atoms with Crippen molar-refractivity contribution in [2.45, 2.75) is 26.2 Å². The highest BCUT2D eigenvalue weighted by molar-refractivity contribution is 5.99. The maximum Gasteiger partial charge on any atom is 0.326 e. The summed E-state index contributed by atoms with van der Waals surface area (Å²) >= 11 is 0. The lowest BCUT2D eigenvalue weighted by Gasteiger charge is -2.15. The molecule has 0 fully saturated rings. The molecule has 5 heteroatoms. The van der Waals surface area contributed by atoms with Crippen molar-refractivity contribution in [2.75, 3.05) is 10.6 Å². The molecule has 1 atom stereocenters. The highest BCUT2D eigenvalue weighted by Crippen LogP contribution is 2.26. The normalized spacial score (nSPS) is 11.9. The third-order valence-corrected chi connectivity index (χ3v) is 3.03. The molecule has 0 spiro atoms. The number of hydrogen-bond acceptors (Lipinski definition) is 3. The fourth-order valence-electron chi connectivity index (χ4n) is 1.81. The lowest BCUT2D eigenvalue weighted by molar-refractivity contribution is 0.261. The number of urea groups is 1. The van der Waals surface area contributed by atoms with Gasteiger partial charge in [-0.25, -0.2) is 4.79 Å². The molecule has 0 aliphatic heterocycles. The van der Waals surface area contributed by atoms with Crippen molar-refractivity contribution in [3.8, 4) is 0 Å². The van der Waals surface area contributed by atoms with Crippen molar-refractivity contribution < 1.29 is 9.32 Å². The van der Waals surface area contributed by atoms with Gasteiger partial charge in [0.25, 0.3) is 0 Å². The number of nitrogens with one attached hydrogen (secondary N) is 2. The van der Waals surface area contributed by atoms with Crippen molar-refractivity contribution in [3.05, 3.63) is 42.1 Å². The summed E-state index contributed by atoms with van der Waals surface area (Å²) in [4.78, 5) is 11.8. The molecule has 1 heterocycles. The molecule has 0 saturated heterocycles. The van der Waals surface area contributed by atoms with Crippen LogP contribution >= 0.6 is 0 Å². The highest BCUT2D eigenvalue weighted by Gasteiger charge is 2.11. The minimum atomic E-state index is -0.340. The SMILES string of the molecule is CCC(C)c1ccccc1NC(=O)Nc1ccno1. The smallest absolute Gasteiger partial charge is 0.326 e. The second kappa shape index (κ2) is 6.04. The Balaban J connectivity index is 2.08. The predicted octanol–water partition coefficient (Wildman–Crippen LogP) is 3.83. The standard InChI is InChI=1S/C14H17N3O2/c1-3-10(2)11-6-4-5-7-12(11)16-14(18)17-13-8-9-15-19-13/h4-10H,3H2,1-2H3,(H2,16,17,18). The molecular weight excluding hydrogens is 242 g/mol. The first-order valence-corrected chi connectivity index (χ1v) is 6.28. The lowest BCUT2D eigenvalue weighted by atomic mass is 9.97. The van der Waals surface area contributed by atoms with E-state index in [4.69, 9.17) is 4.52 Å². The first-order valence-electron chi connectivity index (χ1n) is 6.28. The van der Waals surface area contributed by atoms with Crippen LogP contribution in [0.5, 0.6) is 0 Å². The Kier molecular flexibility index (Phi) is 4.18. The third-order valence-electron chi connectivity index (χ3n) is 3.03. The van der Waals surface area contributed by atoms with E-state index in [1.165, 1.54) is 6.20 Å². The number of anilines is 2. The van der Waals surface area contributed by atoms with Crippen LogP contribution in [0.25, 0.3) is 0 Å². The van der Waals surface area contributed by atoms with Crippen LogP contribution < -0.4 is 10.6 Å². The highest BCUT2D eigenvalue weighted by atomic mass is 16.5. The molecule has 0 aliphatic carbocycles. The van der Waals surface area contributed by atoms with Gasteiger partial charge in [0.1, 0.15) is 0 Å². The number of hydrogen-bond donors (Lipinski definition) is 2. The Bertz CT molecular complexity index is 537. The Morgan fingerprint density at radius 2 is 2.11 bits per heavy atom. The molecule has 1 aromatic heterocycles. The largest absolute Gasteiger partial charge is 0.338 e. The van der Waals surface area contributed by atoms with Gasteiger partial charge in [0.15, 0.2) is 0 Å². The zero-order valence-electron chi connectivity index (χ0n) is 11.0. The average molecular weight is 259 g/mol. The second-order valence-corrected chi connectivity index (χ2v) is 4.35. The number of para-hydroxylation sites is 1. The van der Waals surface area contributed by atoms with E-state index in [1.54, 1.807) is 6.07 Å². The van der Waals surface area contributed by atoms with E-state index in [2.05, 4.69) is 29.6 Å². The summed E-state index contributed by atoms with van der Waals surface area (Å²) in [6, 6.07) is 9.03. The minimum Gasteiger partial charge on any atom is -0.338 e. The summed E-state index contributed by atoms with van der Waals surface area (Å²) in [5, 5.41) is 8.93. The van der Waals surface area contributed by atoms with Crippen LogP contribution in [0.1, 0.15) is 31.7 Å². The van der Waals surface area contributed by atoms with Gasteiger partial charge in [-0.1, -0.05) is 37.2 Å². The van der Waals surface area contributed by atoms with Crippen LogP contribution in [0.15, 0.2) is 41.1 Å². The third kappa shape index (κ3) is 3.34. The fourth-order valence-corrected chi connectivity index (χ4v) is 1.81. The first kappa shape index (κ1) is 13.1. The maximum absolute atomic E-state index is 11.8. The van der Waals surface area contributed by atoms with Gasteiger partial charge in [-0.3, -0.25) is 5.32 Å². The quantitative estimate of drug-likeness (QED) is 0.876. The van der Waals surface area contributed by atoms with Gasteiger partial charge in [-0.2, -0.15) is 0 Å². The Morgan fingerprint density at radius 1 is 1.32 bits per heavy atom. The summed E-state index contributed by atoms with van der Waals surface area (Å²) in [6.07, 6.45) is 2.49. The number of benzene rings is 1. The molecule has 0 radical (unpaired) electrons. The number of rotatable bonds is 4. The molecule has 1 aromatic carbocycles. The monoisotopic (exact) mass is 259 g/mol. The van der Waals surface area contributed by atoms with Gasteiger partial charge >= 0.3 is 6.03 Å². The number of amides is 2. The Hall–Kier alpha value is -2.30. The lowest BCUT2D eigenvalue weighted by Crippen LogP contribution is -2.20. The maximum atomic E-state index is 11.8. The van der Waals surface area contributed by atoms with Gasteiger partial charge in [-0.15, -0.1) is 0 Å². The Morgan fingerprint density at radius 3 is 2.79 bits per heavy atom. The summed E-state index contributed by atoms with van der Waals surface area (Å²) in [6.45, 7) is 4.25. The molecule has 2 aromatic rings. The molecule has 5 nitrogen and oxygen atoms in total. The number of carbonyl (C=O) groups excluding carboxylic acids is 1. The topological polar surface area (TPSA) is 67.2 Å². The van der Waals surface area contributed by atoms with Crippen molar-refractivity contribution in [1.82, 2.24) is 5.16 Å². The van der Waals surface area contributed by atoms with E-state index in [-0.39, 0.29) is 6.03 Å². The summed E-state index contributed by atoms with van der Waals surface area (Å²) in [5.41, 5.74) is 1.94. The molecule has 0 bridgehead atoms. The van der Waals surface area contributed by atoms with Gasteiger partial charge < -0.3 is 9.84 Å². The van der Waals surface area contributed by atoms with Crippen LogP contribution in [-0.2, 0) is 0 Å². The van der Waals surface area contributed by atoms with E-state index in [9.17, 15) is 4.79 Å². The van der Waals surface area contributed by atoms with E-state index in [0.717, 1.165) is 17.7 Å². The van der Waals surface area contributed by atoms with Gasteiger partial charge in [0, 0.05) is 11.8 Å². The number of carbonyl (C=O) groups is 1. The number of aromatic nitrogens is 1. The minimum absolute atomic E-state index is 0.318. The van der Waals surface area contributed by atoms with Crippen molar-refractivity contribution >= 4 is 17.6 Å². The zero-order chi connectivity index (χ0) is 13.7. The van der Waals surface area contributed by atoms with Crippen LogP contribution in [0, 0.1) is 0 Å². The molecule has 2 amide bonds. The molecule has 0 aliphatic rings. The number of nitrogens with zero attached hydrogens (tertiary/aromatic N) is 1. The Labute approximate surface area is 112 Å². The molecule has 19 heavy (non-hydrogen) atoms. The average Bonchev–Trinajstić information content (AvgIpc) is 2.91. The summed E-state index contributed by atoms with van der Waals surface area (Å²) < 4.78 is 4.82. The molecule has 100 valence electrons. The van der Waals surface area contributed by atoms with E-state index >= 15 is 0 Å². The van der Waals surface area contributed by atoms with E-state index < -0.39 is 0 Å². The van der Waals surface area contributed by atoms with Crippen LogP contribution in [0.3, 0.4) is 0 Å². The molecular formula is C14H17N3O2. The molecule has 0 saturated carbocycles. The first-order chi connectivity index (χ1) is 9.20. The van der Waals surface area contributed by atoms with Gasteiger partial charge in [0.2, 0.25) is 5.88 Å². The van der Waals surface area contributed by atoms with Gasteiger partial charge in [-0.05, 0) is 24.0 Å². The van der Waals surface area contributed by atoms with Crippen LogP contribution in [-0.4, -0.2) is 11.2 Å². The zero-order valence-corrected chi connectivity index (χ0v) is 11.0. The van der Waals surface area contributed by atoms with Crippen LogP contribution in [0.2, 0.25) is 0 Å². The van der Waals surface area contributed by atoms with Crippen molar-refractivity contribution in [1.29, 1.82) is 0 Å². The molecule has 2 N–H and O–H groups in total. The summed E-state index contributed by atoms with van der Waals surface area (Å²) in [5.74, 6) is 0.709.